The van der Waals surface area contributed by atoms with Crippen molar-refractivity contribution >= 4 is 29.2 Å². The Labute approximate surface area is 208 Å². The summed E-state index contributed by atoms with van der Waals surface area (Å²) >= 11 is 1.56. The predicted octanol–water partition coefficient (Wildman–Crippen LogP) is 5.27. The van der Waals surface area contributed by atoms with E-state index in [4.69, 9.17) is 4.74 Å². The number of hydrogen-bond acceptors (Lipinski definition) is 7. The average molecular weight is 492 g/mol. The maximum absolute atomic E-state index is 13.2. The molecule has 0 amide bonds. The van der Waals surface area contributed by atoms with Crippen molar-refractivity contribution in [3.63, 3.8) is 0 Å². The molecule has 1 aliphatic heterocycles. The zero-order chi connectivity index (χ0) is 25.8. The number of esters is 1. The molecule has 2 rings (SSSR count). The van der Waals surface area contributed by atoms with Crippen molar-refractivity contribution in [2.45, 2.75) is 98.9 Å². The Morgan fingerprint density at radius 3 is 2.44 bits per heavy atom. The molecule has 1 aromatic rings. The van der Waals surface area contributed by atoms with Gasteiger partial charge in [0.2, 0.25) is 0 Å². The first kappa shape index (κ1) is 28.4. The lowest BCUT2D eigenvalue weighted by molar-refractivity contribution is -0.160. The number of aryl methyl sites for hydroxylation is 1. The first-order valence-corrected chi connectivity index (χ1v) is 12.9. The van der Waals surface area contributed by atoms with E-state index in [1.165, 1.54) is 0 Å². The third-order valence-electron chi connectivity index (χ3n) is 7.35. The number of rotatable bonds is 2. The number of carbonyl (C=O) groups is 2. The predicted molar refractivity (Wildman–Crippen MR) is 136 cm³/mol. The Hall–Kier alpha value is -1.83. The molecule has 34 heavy (non-hydrogen) atoms. The highest BCUT2D eigenvalue weighted by Crippen LogP contribution is 2.34. The Balaban J connectivity index is 2.43. The maximum Gasteiger partial charge on any atom is 0.309 e. The van der Waals surface area contributed by atoms with Crippen molar-refractivity contribution in [3.8, 4) is 0 Å². The smallest absolute Gasteiger partial charge is 0.309 e. The van der Waals surface area contributed by atoms with E-state index in [0.717, 1.165) is 34.7 Å². The summed E-state index contributed by atoms with van der Waals surface area (Å²) in [7, 11) is 0. The second-order valence-electron chi connectivity index (χ2n) is 10.7. The molecule has 2 N–H and O–H groups in total. The Morgan fingerprint density at radius 1 is 1.21 bits per heavy atom. The molecule has 0 fully saturated rings. The van der Waals surface area contributed by atoms with Crippen LogP contribution in [-0.2, 0) is 14.3 Å². The number of allylic oxidation sites excluding steroid dienone is 1. The van der Waals surface area contributed by atoms with Gasteiger partial charge in [0.25, 0.3) is 0 Å². The minimum Gasteiger partial charge on any atom is -0.454 e. The molecule has 0 saturated heterocycles. The van der Waals surface area contributed by atoms with Gasteiger partial charge in [-0.3, -0.25) is 9.59 Å². The van der Waals surface area contributed by atoms with Crippen molar-refractivity contribution in [2.75, 3.05) is 0 Å². The van der Waals surface area contributed by atoms with E-state index in [0.29, 0.717) is 6.42 Å². The summed E-state index contributed by atoms with van der Waals surface area (Å²) in [6.45, 7) is 14.7. The maximum atomic E-state index is 13.2. The molecule has 0 aliphatic carbocycles. The van der Waals surface area contributed by atoms with Crippen LogP contribution >= 0.6 is 11.3 Å². The van der Waals surface area contributed by atoms with Gasteiger partial charge in [-0.05, 0) is 58.1 Å². The van der Waals surface area contributed by atoms with Crippen LogP contribution in [0.15, 0.2) is 22.6 Å². The number of aliphatic hydroxyl groups is 2. The van der Waals surface area contributed by atoms with E-state index in [1.54, 1.807) is 32.1 Å². The average Bonchev–Trinajstić information content (AvgIpc) is 3.17. The van der Waals surface area contributed by atoms with E-state index in [-0.39, 0.29) is 18.1 Å². The molecule has 0 radical (unpaired) electrons. The Bertz CT molecular complexity index is 947. The first-order valence-electron chi connectivity index (χ1n) is 12.1. The fraction of sp³-hybridized carbons (Fsp3) is 0.667. The fourth-order valence-electron chi connectivity index (χ4n) is 4.31. The third kappa shape index (κ3) is 6.86. The molecular weight excluding hydrogens is 450 g/mol. The van der Waals surface area contributed by atoms with E-state index in [2.05, 4.69) is 11.1 Å². The molecule has 0 bridgehead atoms. The summed E-state index contributed by atoms with van der Waals surface area (Å²) in [5.74, 6) is -1.56. The molecule has 7 heteroatoms. The number of hydrogen-bond donors (Lipinski definition) is 2. The molecule has 5 atom stereocenters. The van der Waals surface area contributed by atoms with Gasteiger partial charge in [0.1, 0.15) is 11.4 Å². The van der Waals surface area contributed by atoms with Crippen LogP contribution in [0.25, 0.3) is 6.08 Å². The largest absolute Gasteiger partial charge is 0.454 e. The van der Waals surface area contributed by atoms with Crippen LogP contribution in [0, 0.1) is 24.2 Å². The SMILES string of the molecule is C/C1=C/C[C@@](C)(/C(C)=C/c2csc(C)n2)OC(=O)C[C@H](O)C(C)(C)C(=O)C(C)C(O)C(C)CC1. The van der Waals surface area contributed by atoms with Gasteiger partial charge in [-0.2, -0.15) is 0 Å². The summed E-state index contributed by atoms with van der Waals surface area (Å²) in [4.78, 5) is 30.7. The lowest BCUT2D eigenvalue weighted by Gasteiger charge is -2.35. The molecule has 0 saturated carbocycles. The summed E-state index contributed by atoms with van der Waals surface area (Å²) < 4.78 is 5.97. The van der Waals surface area contributed by atoms with Crippen LogP contribution in [-0.4, -0.2) is 44.8 Å². The lowest BCUT2D eigenvalue weighted by Crippen LogP contribution is -2.46. The van der Waals surface area contributed by atoms with Gasteiger partial charge in [-0.15, -0.1) is 11.3 Å². The fourth-order valence-corrected chi connectivity index (χ4v) is 4.88. The number of Topliss-reactive ketones (excluding diaryl/α,β-unsaturated/α-hetero) is 1. The third-order valence-corrected chi connectivity index (χ3v) is 8.14. The van der Waals surface area contributed by atoms with Gasteiger partial charge in [0.05, 0.1) is 34.7 Å². The molecule has 3 unspecified atom stereocenters. The van der Waals surface area contributed by atoms with Crippen LogP contribution in [0.2, 0.25) is 0 Å². The number of carbonyl (C=O) groups excluding carboxylic acids is 2. The van der Waals surface area contributed by atoms with E-state index < -0.39 is 35.1 Å². The number of ketones is 1. The second-order valence-corrected chi connectivity index (χ2v) is 11.7. The molecule has 190 valence electrons. The summed E-state index contributed by atoms with van der Waals surface area (Å²) in [6, 6.07) is 0. The standard InChI is InChI=1S/C27H41NO5S/c1-16-9-10-17(2)24(31)19(4)25(32)26(6,7)22(29)14-23(30)33-27(8,12-11-16)18(3)13-21-15-34-20(5)28-21/h11,13,15,17,19,22,24,29,31H,9-10,12,14H2,1-8H3/b16-11-,18-13+/t17?,19?,22-,24?,27-/m0/s1. The van der Waals surface area contributed by atoms with Crippen LogP contribution in [0.4, 0.5) is 0 Å². The molecule has 0 aromatic carbocycles. The number of thiazole rings is 1. The van der Waals surface area contributed by atoms with Crippen molar-refractivity contribution in [2.24, 2.45) is 17.3 Å². The number of nitrogens with zero attached hydrogens (tertiary/aromatic N) is 1. The van der Waals surface area contributed by atoms with Gasteiger partial charge >= 0.3 is 5.97 Å². The number of aromatic nitrogens is 1. The monoisotopic (exact) mass is 491 g/mol. The van der Waals surface area contributed by atoms with Crippen molar-refractivity contribution in [3.05, 3.63) is 33.3 Å². The molecule has 1 aliphatic rings. The first-order chi connectivity index (χ1) is 15.7. The number of ether oxygens (including phenoxy) is 1. The molecule has 0 spiro atoms. The molecule has 2 heterocycles. The zero-order valence-electron chi connectivity index (χ0n) is 21.8. The Morgan fingerprint density at radius 2 is 1.85 bits per heavy atom. The van der Waals surface area contributed by atoms with Gasteiger partial charge in [0, 0.05) is 17.7 Å². The Kier molecular flexibility index (Phi) is 9.42. The van der Waals surface area contributed by atoms with Gasteiger partial charge < -0.3 is 14.9 Å². The van der Waals surface area contributed by atoms with E-state index in [1.807, 2.05) is 46.1 Å². The van der Waals surface area contributed by atoms with Gasteiger partial charge in [-0.25, -0.2) is 4.98 Å². The highest BCUT2D eigenvalue weighted by molar-refractivity contribution is 7.09. The van der Waals surface area contributed by atoms with E-state index >= 15 is 0 Å². The van der Waals surface area contributed by atoms with Crippen molar-refractivity contribution < 1.29 is 24.5 Å². The highest BCUT2D eigenvalue weighted by Gasteiger charge is 2.43. The van der Waals surface area contributed by atoms with E-state index in [9.17, 15) is 19.8 Å². The minimum absolute atomic E-state index is 0.0841. The van der Waals surface area contributed by atoms with Crippen LogP contribution in [0.1, 0.15) is 84.9 Å². The highest BCUT2D eigenvalue weighted by atomic mass is 32.1. The van der Waals surface area contributed by atoms with Crippen LogP contribution < -0.4 is 0 Å². The zero-order valence-corrected chi connectivity index (χ0v) is 22.7. The topological polar surface area (TPSA) is 96.7 Å². The number of cyclic esters (lactones) is 1. The molecule has 1 aromatic heterocycles. The second kappa shape index (κ2) is 11.3. The summed E-state index contributed by atoms with van der Waals surface area (Å²) in [6.07, 6.45) is 3.62. The minimum atomic E-state index is -1.23. The quantitative estimate of drug-likeness (QED) is 0.432. The normalized spacial score (nSPS) is 33.9. The van der Waals surface area contributed by atoms with Gasteiger partial charge in [-0.1, -0.05) is 39.3 Å². The van der Waals surface area contributed by atoms with Crippen LogP contribution in [0.5, 0.6) is 0 Å². The lowest BCUT2D eigenvalue weighted by atomic mass is 9.73. The molecular formula is C27H41NO5S. The van der Waals surface area contributed by atoms with Crippen LogP contribution in [0.3, 0.4) is 0 Å². The van der Waals surface area contributed by atoms with Gasteiger partial charge in [0.15, 0.2) is 0 Å². The molecule has 6 nitrogen and oxygen atoms in total. The number of aliphatic hydroxyl groups excluding tert-OH is 2. The van der Waals surface area contributed by atoms with Crippen molar-refractivity contribution in [1.29, 1.82) is 0 Å². The summed E-state index contributed by atoms with van der Waals surface area (Å²) in [5, 5.41) is 24.6. The van der Waals surface area contributed by atoms with Crippen molar-refractivity contribution in [1.82, 2.24) is 4.98 Å². The summed E-state index contributed by atoms with van der Waals surface area (Å²) in [5.41, 5.74) is 0.668.